The van der Waals surface area contributed by atoms with Crippen LogP contribution in [0.4, 0.5) is 0 Å². The highest BCUT2D eigenvalue weighted by atomic mass is 16.5. The van der Waals surface area contributed by atoms with Gasteiger partial charge in [0.2, 0.25) is 5.78 Å². The number of rotatable bonds is 4. The van der Waals surface area contributed by atoms with E-state index in [9.17, 15) is 9.59 Å². The maximum absolute atomic E-state index is 11.2. The van der Waals surface area contributed by atoms with Gasteiger partial charge in [-0.05, 0) is 12.1 Å². The summed E-state index contributed by atoms with van der Waals surface area (Å²) in [6.07, 6.45) is -0.0587. The van der Waals surface area contributed by atoms with Crippen molar-refractivity contribution in [2.45, 2.75) is 6.42 Å². The van der Waals surface area contributed by atoms with Gasteiger partial charge in [-0.2, -0.15) is 0 Å². The Morgan fingerprint density at radius 3 is 3.06 bits per heavy atom. The van der Waals surface area contributed by atoms with Crippen molar-refractivity contribution >= 4 is 11.8 Å². The minimum absolute atomic E-state index is 0.0490. The van der Waals surface area contributed by atoms with Gasteiger partial charge in [-0.25, -0.2) is 0 Å². The van der Waals surface area contributed by atoms with Crippen LogP contribution in [0.5, 0.6) is 11.5 Å². The molecule has 0 amide bonds. The molecule has 84 valence electrons. The van der Waals surface area contributed by atoms with Crippen LogP contribution in [0.15, 0.2) is 18.2 Å². The average Bonchev–Trinajstić information content (AvgIpc) is 2.60. The molecule has 0 saturated heterocycles. The van der Waals surface area contributed by atoms with E-state index in [1.165, 1.54) is 0 Å². The first-order chi connectivity index (χ1) is 7.66. The largest absolute Gasteiger partial charge is 0.493 e. The lowest BCUT2D eigenvalue weighted by Crippen LogP contribution is -2.04. The van der Waals surface area contributed by atoms with Gasteiger partial charge in [0.1, 0.15) is 11.5 Å². The van der Waals surface area contributed by atoms with Crippen molar-refractivity contribution < 1.29 is 24.2 Å². The molecule has 0 bridgehead atoms. The van der Waals surface area contributed by atoms with Crippen LogP contribution in [-0.4, -0.2) is 30.1 Å². The number of carboxylic acid groups (broad SMARTS) is 1. The minimum atomic E-state index is -0.910. The molecule has 0 radical (unpaired) electrons. The smallest absolute Gasteiger partial charge is 0.306 e. The zero-order valence-corrected chi connectivity index (χ0v) is 8.43. The number of Topliss-reactive ketones (excluding diaryl/α,β-unsaturated/α-hetero) is 1. The van der Waals surface area contributed by atoms with Crippen molar-refractivity contribution in [3.8, 4) is 11.5 Å². The number of ether oxygens (including phenoxy) is 2. The van der Waals surface area contributed by atoms with Crippen molar-refractivity contribution in [2.24, 2.45) is 0 Å². The van der Waals surface area contributed by atoms with Crippen molar-refractivity contribution in [2.75, 3.05) is 13.2 Å². The van der Waals surface area contributed by atoms with Gasteiger partial charge in [0.05, 0.1) is 18.6 Å². The quantitative estimate of drug-likeness (QED) is 0.826. The summed E-state index contributed by atoms with van der Waals surface area (Å²) in [4.78, 5) is 21.5. The van der Waals surface area contributed by atoms with Gasteiger partial charge in [0, 0.05) is 6.07 Å². The summed E-state index contributed by atoms with van der Waals surface area (Å²) >= 11 is 0. The number of carbonyl (C=O) groups excluding carboxylic acids is 1. The van der Waals surface area contributed by atoms with Gasteiger partial charge in [-0.1, -0.05) is 0 Å². The first kappa shape index (κ1) is 10.5. The first-order valence-electron chi connectivity index (χ1n) is 4.81. The highest BCUT2D eigenvalue weighted by Crippen LogP contribution is 2.29. The molecule has 16 heavy (non-hydrogen) atoms. The van der Waals surface area contributed by atoms with E-state index >= 15 is 0 Å². The molecule has 1 heterocycles. The van der Waals surface area contributed by atoms with Gasteiger partial charge in [0.25, 0.3) is 0 Å². The molecule has 0 spiro atoms. The molecule has 0 saturated carbocycles. The zero-order chi connectivity index (χ0) is 11.5. The van der Waals surface area contributed by atoms with Crippen molar-refractivity contribution in [1.82, 2.24) is 0 Å². The average molecular weight is 222 g/mol. The summed E-state index contributed by atoms with van der Waals surface area (Å²) in [5, 5.41) is 8.43. The summed E-state index contributed by atoms with van der Waals surface area (Å²) in [6.45, 7) is 0.163. The van der Waals surface area contributed by atoms with Crippen LogP contribution in [0.25, 0.3) is 0 Å². The molecule has 0 atom stereocenters. The molecule has 5 heteroatoms. The Labute approximate surface area is 91.6 Å². The molecule has 2 rings (SSSR count). The number of carbonyl (C=O) groups is 2. The summed E-state index contributed by atoms with van der Waals surface area (Å²) in [7, 11) is 0. The SMILES string of the molecule is O=C(O)CCOc1ccc2c(c1)OCC2=O. The number of hydrogen-bond acceptors (Lipinski definition) is 4. The van der Waals surface area contributed by atoms with Crippen LogP contribution in [-0.2, 0) is 4.79 Å². The van der Waals surface area contributed by atoms with Crippen molar-refractivity contribution in [3.63, 3.8) is 0 Å². The lowest BCUT2D eigenvalue weighted by atomic mass is 10.1. The number of fused-ring (bicyclic) bond motifs is 1. The van der Waals surface area contributed by atoms with Crippen LogP contribution in [0.3, 0.4) is 0 Å². The maximum Gasteiger partial charge on any atom is 0.306 e. The summed E-state index contributed by atoms with van der Waals surface area (Å²) in [5.74, 6) is 0.0483. The Morgan fingerprint density at radius 1 is 1.50 bits per heavy atom. The van der Waals surface area contributed by atoms with E-state index in [4.69, 9.17) is 14.6 Å². The Bertz CT molecular complexity index is 438. The second-order valence-electron chi connectivity index (χ2n) is 3.36. The predicted octanol–water partition coefficient (Wildman–Crippen LogP) is 1.12. The number of hydrogen-bond donors (Lipinski definition) is 1. The third-order valence-corrected chi connectivity index (χ3v) is 2.20. The van der Waals surface area contributed by atoms with Gasteiger partial charge in [-0.3, -0.25) is 9.59 Å². The predicted molar refractivity (Wildman–Crippen MR) is 54.0 cm³/mol. The molecule has 0 aliphatic carbocycles. The van der Waals surface area contributed by atoms with E-state index in [0.29, 0.717) is 17.1 Å². The van der Waals surface area contributed by atoms with Crippen LogP contribution in [0.1, 0.15) is 16.8 Å². The summed E-state index contributed by atoms with van der Waals surface area (Å²) < 4.78 is 10.3. The van der Waals surface area contributed by atoms with Gasteiger partial charge >= 0.3 is 5.97 Å². The lowest BCUT2D eigenvalue weighted by Gasteiger charge is -2.05. The topological polar surface area (TPSA) is 72.8 Å². The number of benzene rings is 1. The Morgan fingerprint density at radius 2 is 2.31 bits per heavy atom. The fraction of sp³-hybridized carbons (Fsp3) is 0.273. The van der Waals surface area contributed by atoms with E-state index in [-0.39, 0.29) is 25.4 Å². The second-order valence-corrected chi connectivity index (χ2v) is 3.36. The molecule has 1 aromatic rings. The summed E-state index contributed by atoms with van der Waals surface area (Å²) in [6, 6.07) is 4.86. The normalized spacial score (nSPS) is 13.1. The zero-order valence-electron chi connectivity index (χ0n) is 8.43. The third kappa shape index (κ3) is 2.13. The number of carboxylic acids is 1. The standard InChI is InChI=1S/C11H10O5/c12-9-6-16-10-5-7(1-2-8(9)10)15-4-3-11(13)14/h1-2,5H,3-4,6H2,(H,13,14). The molecular weight excluding hydrogens is 212 g/mol. The molecule has 0 aromatic heterocycles. The molecule has 0 unspecified atom stereocenters. The van der Waals surface area contributed by atoms with E-state index in [1.807, 2.05) is 0 Å². The highest BCUT2D eigenvalue weighted by molar-refractivity contribution is 6.02. The van der Waals surface area contributed by atoms with Gasteiger partial charge < -0.3 is 14.6 Å². The minimum Gasteiger partial charge on any atom is -0.493 e. The van der Waals surface area contributed by atoms with E-state index in [1.54, 1.807) is 18.2 Å². The molecule has 5 nitrogen and oxygen atoms in total. The number of ketones is 1. The fourth-order valence-corrected chi connectivity index (χ4v) is 1.42. The Hall–Kier alpha value is -2.04. The monoisotopic (exact) mass is 222 g/mol. The van der Waals surface area contributed by atoms with E-state index in [0.717, 1.165) is 0 Å². The molecule has 0 fully saturated rings. The van der Waals surface area contributed by atoms with E-state index < -0.39 is 5.97 Å². The molecule has 1 aliphatic rings. The fourth-order valence-electron chi connectivity index (χ4n) is 1.42. The lowest BCUT2D eigenvalue weighted by molar-refractivity contribution is -0.137. The molecule has 1 aliphatic heterocycles. The Kier molecular flexibility index (Phi) is 2.76. The molecule has 1 N–H and O–H groups in total. The van der Waals surface area contributed by atoms with Crippen LogP contribution in [0.2, 0.25) is 0 Å². The van der Waals surface area contributed by atoms with Gasteiger partial charge in [0.15, 0.2) is 6.61 Å². The van der Waals surface area contributed by atoms with Crippen LogP contribution < -0.4 is 9.47 Å². The third-order valence-electron chi connectivity index (χ3n) is 2.20. The van der Waals surface area contributed by atoms with Crippen LogP contribution in [0, 0.1) is 0 Å². The first-order valence-corrected chi connectivity index (χ1v) is 4.81. The van der Waals surface area contributed by atoms with Crippen LogP contribution >= 0.6 is 0 Å². The molecule has 1 aromatic carbocycles. The summed E-state index contributed by atoms with van der Waals surface area (Å²) in [5.41, 5.74) is 0.547. The van der Waals surface area contributed by atoms with Crippen molar-refractivity contribution in [1.29, 1.82) is 0 Å². The van der Waals surface area contributed by atoms with Crippen molar-refractivity contribution in [3.05, 3.63) is 23.8 Å². The number of aliphatic carboxylic acids is 1. The molecular formula is C11H10O5. The maximum atomic E-state index is 11.2. The Balaban J connectivity index is 2.02. The van der Waals surface area contributed by atoms with Gasteiger partial charge in [-0.15, -0.1) is 0 Å². The second kappa shape index (κ2) is 4.22. The highest BCUT2D eigenvalue weighted by Gasteiger charge is 2.21. The van der Waals surface area contributed by atoms with E-state index in [2.05, 4.69) is 0 Å².